The van der Waals surface area contributed by atoms with Crippen molar-refractivity contribution in [2.45, 2.75) is 64.3 Å². The van der Waals surface area contributed by atoms with E-state index in [-0.39, 0.29) is 43.3 Å². The fraction of sp³-hybridized carbons (Fsp3) is 0.457. The topological polar surface area (TPSA) is 90.4 Å². The number of ether oxygens (including phenoxy) is 1. The molecule has 2 aromatic rings. The maximum absolute atomic E-state index is 14.9. The Morgan fingerprint density at radius 1 is 1.02 bits per heavy atom. The zero-order valence-electron chi connectivity index (χ0n) is 25.6. The lowest BCUT2D eigenvalue weighted by Crippen LogP contribution is -2.60. The number of carbonyl (C=O) groups excluding carboxylic acids is 3. The number of aliphatic hydroxyl groups excluding tert-OH is 1. The van der Waals surface area contributed by atoms with Gasteiger partial charge in [0.25, 0.3) is 5.91 Å². The first-order chi connectivity index (χ1) is 20.6. The molecule has 0 aromatic heterocycles. The molecule has 1 N–H and O–H groups in total. The number of benzene rings is 2. The number of rotatable bonds is 11. The predicted octanol–water partition coefficient (Wildman–Crippen LogP) is 4.43. The molecule has 8 nitrogen and oxygen atoms in total. The average molecular weight is 586 g/mol. The Bertz CT molecular complexity index is 1390. The van der Waals surface area contributed by atoms with Gasteiger partial charge in [-0.15, -0.1) is 13.2 Å². The molecule has 5 rings (SSSR count). The number of amides is 3. The van der Waals surface area contributed by atoms with Crippen LogP contribution in [0.2, 0.25) is 0 Å². The third-order valence-corrected chi connectivity index (χ3v) is 9.50. The van der Waals surface area contributed by atoms with Crippen molar-refractivity contribution in [3.63, 3.8) is 0 Å². The quantitative estimate of drug-likeness (QED) is 0.394. The van der Waals surface area contributed by atoms with E-state index in [4.69, 9.17) is 4.74 Å². The van der Waals surface area contributed by atoms with E-state index in [1.54, 1.807) is 26.9 Å². The van der Waals surface area contributed by atoms with Gasteiger partial charge in [0.2, 0.25) is 11.8 Å². The third-order valence-electron chi connectivity index (χ3n) is 9.50. The van der Waals surface area contributed by atoms with Gasteiger partial charge in [-0.25, -0.2) is 0 Å². The van der Waals surface area contributed by atoms with Crippen LogP contribution >= 0.6 is 0 Å². The summed E-state index contributed by atoms with van der Waals surface area (Å²) < 4.78 is 6.72. The summed E-state index contributed by atoms with van der Waals surface area (Å²) in [5, 5.41) is 10.6. The van der Waals surface area contributed by atoms with Crippen LogP contribution in [0.15, 0.2) is 73.8 Å². The zero-order valence-corrected chi connectivity index (χ0v) is 25.6. The molecule has 0 saturated carbocycles. The SMILES string of the molecule is C=CCN(C(=O)[C@@H]1[C@@H]2CCC3(O2)C(C(=O)N(CC=C)c2c(C)cccc2C)N([C@@H](CO)C(C)C)C(=O)[C@H]13)c1ccccc1. The zero-order chi connectivity index (χ0) is 31.1. The number of carbonyl (C=O) groups is 3. The fourth-order valence-electron chi connectivity index (χ4n) is 7.67. The summed E-state index contributed by atoms with van der Waals surface area (Å²) in [4.78, 5) is 48.8. The van der Waals surface area contributed by atoms with Crippen molar-refractivity contribution < 1.29 is 24.2 Å². The second-order valence-corrected chi connectivity index (χ2v) is 12.3. The first-order valence-corrected chi connectivity index (χ1v) is 15.2. The van der Waals surface area contributed by atoms with Gasteiger partial charge in [-0.1, -0.05) is 62.4 Å². The standard InChI is InChI=1S/C35H43N3O5/c1-7-19-36(25-15-10-9-11-16-25)32(40)28-27-17-18-35(43-27)29(28)33(41)38(26(21-39)22(3)4)31(35)34(42)37(20-8-2)30-23(5)13-12-14-24(30)6/h7-16,22,26-29,31,39H,1-2,17-21H2,3-6H3/t26-,27-,28+,29-,31?,35?/m0/s1. The van der Waals surface area contributed by atoms with Crippen LogP contribution in [0.5, 0.6) is 0 Å². The molecular formula is C35H43N3O5. The van der Waals surface area contributed by atoms with Gasteiger partial charge in [0, 0.05) is 24.5 Å². The maximum Gasteiger partial charge on any atom is 0.253 e. The van der Waals surface area contributed by atoms with Crippen LogP contribution in [-0.2, 0) is 19.1 Å². The third kappa shape index (κ3) is 4.90. The molecule has 3 saturated heterocycles. The Morgan fingerprint density at radius 3 is 2.23 bits per heavy atom. The molecule has 0 aliphatic carbocycles. The number of hydrogen-bond acceptors (Lipinski definition) is 5. The summed E-state index contributed by atoms with van der Waals surface area (Å²) in [7, 11) is 0. The molecule has 3 aliphatic heterocycles. The Morgan fingerprint density at radius 2 is 1.65 bits per heavy atom. The van der Waals surface area contributed by atoms with E-state index >= 15 is 0 Å². The minimum absolute atomic E-state index is 0.138. The molecule has 8 heteroatoms. The van der Waals surface area contributed by atoms with Gasteiger partial charge >= 0.3 is 0 Å². The number of aliphatic hydroxyl groups is 1. The first-order valence-electron chi connectivity index (χ1n) is 15.2. The molecule has 6 atom stereocenters. The van der Waals surface area contributed by atoms with Crippen LogP contribution in [0, 0.1) is 31.6 Å². The smallest absolute Gasteiger partial charge is 0.253 e. The monoisotopic (exact) mass is 585 g/mol. The van der Waals surface area contributed by atoms with E-state index in [9.17, 15) is 19.5 Å². The second kappa shape index (κ2) is 12.1. The Kier molecular flexibility index (Phi) is 8.63. The molecule has 43 heavy (non-hydrogen) atoms. The van der Waals surface area contributed by atoms with Crippen LogP contribution in [-0.4, -0.2) is 71.2 Å². The summed E-state index contributed by atoms with van der Waals surface area (Å²) in [6.45, 7) is 15.7. The lowest BCUT2D eigenvalue weighted by Gasteiger charge is -2.41. The van der Waals surface area contributed by atoms with Gasteiger partial charge in [-0.2, -0.15) is 0 Å². The average Bonchev–Trinajstić information content (AvgIpc) is 3.63. The van der Waals surface area contributed by atoms with E-state index in [0.717, 1.165) is 16.8 Å². The number of fused-ring (bicyclic) bond motifs is 1. The molecule has 228 valence electrons. The number of hydrogen-bond donors (Lipinski definition) is 1. The van der Waals surface area contributed by atoms with Crippen molar-refractivity contribution >= 4 is 29.1 Å². The number of para-hydroxylation sites is 2. The van der Waals surface area contributed by atoms with Gasteiger partial charge in [-0.3, -0.25) is 14.4 Å². The highest BCUT2D eigenvalue weighted by Crippen LogP contribution is 2.59. The summed E-state index contributed by atoms with van der Waals surface area (Å²) in [6.07, 6.45) is 3.89. The molecule has 0 radical (unpaired) electrons. The van der Waals surface area contributed by atoms with Crippen LogP contribution in [0.25, 0.3) is 0 Å². The molecule has 3 aliphatic rings. The predicted molar refractivity (Wildman–Crippen MR) is 168 cm³/mol. The lowest BCUT2D eigenvalue weighted by molar-refractivity contribution is -0.145. The van der Waals surface area contributed by atoms with Crippen molar-refractivity contribution in [2.75, 3.05) is 29.5 Å². The van der Waals surface area contributed by atoms with Crippen molar-refractivity contribution in [3.8, 4) is 0 Å². The highest BCUT2D eigenvalue weighted by atomic mass is 16.5. The van der Waals surface area contributed by atoms with Gasteiger partial charge < -0.3 is 24.5 Å². The van der Waals surface area contributed by atoms with Gasteiger partial charge in [0.1, 0.15) is 11.6 Å². The summed E-state index contributed by atoms with van der Waals surface area (Å²) >= 11 is 0. The van der Waals surface area contributed by atoms with Crippen molar-refractivity contribution in [1.82, 2.24) is 4.90 Å². The maximum atomic E-state index is 14.9. The van der Waals surface area contributed by atoms with E-state index in [1.165, 1.54) is 0 Å². The minimum atomic E-state index is -1.19. The molecule has 3 heterocycles. The Labute approximate surface area is 254 Å². The van der Waals surface area contributed by atoms with Crippen LogP contribution in [0.4, 0.5) is 11.4 Å². The fourth-order valence-corrected chi connectivity index (χ4v) is 7.67. The molecule has 3 amide bonds. The van der Waals surface area contributed by atoms with Gasteiger partial charge in [0.05, 0.1) is 30.6 Å². The lowest BCUT2D eigenvalue weighted by atomic mass is 9.70. The van der Waals surface area contributed by atoms with E-state index < -0.39 is 35.6 Å². The second-order valence-electron chi connectivity index (χ2n) is 12.3. The highest BCUT2D eigenvalue weighted by molar-refractivity contribution is 6.07. The van der Waals surface area contributed by atoms with Gasteiger partial charge in [0.15, 0.2) is 0 Å². The van der Waals surface area contributed by atoms with Gasteiger partial charge in [-0.05, 0) is 55.9 Å². The van der Waals surface area contributed by atoms with Crippen molar-refractivity contribution in [3.05, 3.63) is 85.0 Å². The van der Waals surface area contributed by atoms with Crippen molar-refractivity contribution in [2.24, 2.45) is 17.8 Å². The van der Waals surface area contributed by atoms with E-state index in [0.29, 0.717) is 18.5 Å². The number of likely N-dealkylation sites (tertiary alicyclic amines) is 1. The summed E-state index contributed by atoms with van der Waals surface area (Å²) in [5.74, 6) is -2.56. The Hall–Kier alpha value is -3.75. The first kappa shape index (κ1) is 30.7. The van der Waals surface area contributed by atoms with Crippen LogP contribution < -0.4 is 9.80 Å². The molecule has 1 spiro atoms. The largest absolute Gasteiger partial charge is 0.394 e. The number of aryl methyl sites for hydroxylation is 2. The summed E-state index contributed by atoms with van der Waals surface area (Å²) in [5.41, 5.74) is 2.15. The molecule has 2 unspecified atom stereocenters. The number of nitrogens with zero attached hydrogens (tertiary/aromatic N) is 3. The molecule has 2 bridgehead atoms. The minimum Gasteiger partial charge on any atom is -0.394 e. The normalized spacial score (nSPS) is 26.4. The number of anilines is 2. The summed E-state index contributed by atoms with van der Waals surface area (Å²) in [6, 6.07) is 13.6. The highest BCUT2D eigenvalue weighted by Gasteiger charge is 2.75. The molecule has 2 aromatic carbocycles. The molecular weight excluding hydrogens is 542 g/mol. The van der Waals surface area contributed by atoms with E-state index in [1.807, 2.05) is 76.2 Å². The van der Waals surface area contributed by atoms with E-state index in [2.05, 4.69) is 13.2 Å². The Balaban J connectivity index is 1.63. The van der Waals surface area contributed by atoms with Crippen molar-refractivity contribution in [1.29, 1.82) is 0 Å². The molecule has 3 fully saturated rings. The van der Waals surface area contributed by atoms with Crippen LogP contribution in [0.3, 0.4) is 0 Å². The van der Waals surface area contributed by atoms with Crippen LogP contribution in [0.1, 0.15) is 37.8 Å².